The predicted molar refractivity (Wildman–Crippen MR) is 86.9 cm³/mol. The quantitative estimate of drug-likeness (QED) is 0.786. The van der Waals surface area contributed by atoms with E-state index in [1.54, 1.807) is 0 Å². The Morgan fingerprint density at radius 2 is 1.55 bits per heavy atom. The number of carbonyl (C=O) groups excluding carboxylic acids is 1. The third-order valence-electron chi connectivity index (χ3n) is 3.87. The Balaban J connectivity index is 2.46. The molecule has 116 valence electrons. The minimum atomic E-state index is -0.371. The number of benzene rings is 2. The first-order chi connectivity index (χ1) is 10.5. The van der Waals surface area contributed by atoms with E-state index < -0.39 is 0 Å². The van der Waals surface area contributed by atoms with Crippen LogP contribution in [0, 0.1) is 20.8 Å². The summed E-state index contributed by atoms with van der Waals surface area (Å²) in [5.74, 6) is -0.371. The zero-order valence-corrected chi connectivity index (χ0v) is 13.6. The lowest BCUT2D eigenvalue weighted by Gasteiger charge is -2.23. The van der Waals surface area contributed by atoms with Crippen molar-refractivity contribution < 1.29 is 14.3 Å². The van der Waals surface area contributed by atoms with Crippen LogP contribution in [0.2, 0.25) is 0 Å². The number of esters is 1. The molecule has 0 aliphatic rings. The summed E-state index contributed by atoms with van der Waals surface area (Å²) in [5.41, 5.74) is 5.63. The first-order valence-electron chi connectivity index (χ1n) is 7.34. The van der Waals surface area contributed by atoms with Crippen molar-refractivity contribution in [2.45, 2.75) is 26.9 Å². The van der Waals surface area contributed by atoms with Crippen molar-refractivity contribution in [2.24, 2.45) is 0 Å². The number of aryl methyl sites for hydroxylation is 3. The van der Waals surface area contributed by atoms with E-state index in [-0.39, 0.29) is 18.7 Å². The summed E-state index contributed by atoms with van der Waals surface area (Å²) in [5, 5.41) is 0. The molecule has 0 amide bonds. The van der Waals surface area contributed by atoms with Gasteiger partial charge in [0, 0.05) is 0 Å². The van der Waals surface area contributed by atoms with E-state index in [0.717, 1.165) is 27.8 Å². The Bertz CT molecular complexity index is 641. The Hall–Kier alpha value is -2.13. The minimum absolute atomic E-state index is 0.0662. The second-order valence-corrected chi connectivity index (χ2v) is 5.43. The number of methoxy groups -OCH3 is 1. The van der Waals surface area contributed by atoms with Crippen molar-refractivity contribution in [3.63, 3.8) is 0 Å². The number of hydrogen-bond donors (Lipinski definition) is 0. The molecule has 0 heterocycles. The van der Waals surface area contributed by atoms with Crippen molar-refractivity contribution >= 4 is 5.97 Å². The van der Waals surface area contributed by atoms with Crippen LogP contribution in [0.3, 0.4) is 0 Å². The lowest BCUT2D eigenvalue weighted by atomic mass is 9.91. The zero-order valence-electron chi connectivity index (χ0n) is 13.6. The molecule has 0 aliphatic carbocycles. The smallest absolute Gasteiger partial charge is 0.331 e. The summed E-state index contributed by atoms with van der Waals surface area (Å²) in [6, 6.07) is 14.2. The normalized spacial score (nSPS) is 12.0. The summed E-state index contributed by atoms with van der Waals surface area (Å²) in [7, 11) is 1.37. The molecular formula is C19H22O3. The topological polar surface area (TPSA) is 35.5 Å². The van der Waals surface area contributed by atoms with Crippen LogP contribution in [0.15, 0.2) is 42.5 Å². The molecule has 2 aromatic rings. The Kier molecular flexibility index (Phi) is 5.34. The van der Waals surface area contributed by atoms with Crippen LogP contribution < -0.4 is 0 Å². The highest BCUT2D eigenvalue weighted by molar-refractivity contribution is 5.70. The molecule has 0 saturated carbocycles. The lowest BCUT2D eigenvalue weighted by molar-refractivity contribution is -0.147. The van der Waals surface area contributed by atoms with Gasteiger partial charge in [0.1, 0.15) is 12.7 Å². The molecule has 0 bridgehead atoms. The Morgan fingerprint density at radius 1 is 0.955 bits per heavy atom. The van der Waals surface area contributed by atoms with Gasteiger partial charge in [-0.15, -0.1) is 0 Å². The van der Waals surface area contributed by atoms with Gasteiger partial charge in [-0.2, -0.15) is 0 Å². The molecule has 0 aromatic heterocycles. The van der Waals surface area contributed by atoms with Crippen molar-refractivity contribution in [3.05, 3.63) is 70.3 Å². The van der Waals surface area contributed by atoms with Crippen LogP contribution in [0.1, 0.15) is 33.9 Å². The number of ether oxygens (including phenoxy) is 2. The van der Waals surface area contributed by atoms with E-state index in [1.807, 2.05) is 24.3 Å². The van der Waals surface area contributed by atoms with Gasteiger partial charge in [-0.1, -0.05) is 42.5 Å². The third-order valence-corrected chi connectivity index (χ3v) is 3.87. The van der Waals surface area contributed by atoms with E-state index in [1.165, 1.54) is 7.11 Å². The minimum Gasteiger partial charge on any atom is -0.467 e. The van der Waals surface area contributed by atoms with Gasteiger partial charge in [-0.05, 0) is 48.6 Å². The van der Waals surface area contributed by atoms with Crippen LogP contribution in [-0.2, 0) is 14.3 Å². The zero-order chi connectivity index (χ0) is 16.1. The summed E-state index contributed by atoms with van der Waals surface area (Å²) in [6.45, 7) is 6.12. The second kappa shape index (κ2) is 7.23. The monoisotopic (exact) mass is 298 g/mol. The van der Waals surface area contributed by atoms with Gasteiger partial charge in [-0.25, -0.2) is 4.79 Å². The molecule has 22 heavy (non-hydrogen) atoms. The third kappa shape index (κ3) is 3.55. The van der Waals surface area contributed by atoms with Gasteiger partial charge >= 0.3 is 5.97 Å². The van der Waals surface area contributed by atoms with E-state index in [0.29, 0.717) is 0 Å². The molecule has 0 aliphatic heterocycles. The average Bonchev–Trinajstić information content (AvgIpc) is 2.50. The molecule has 1 unspecified atom stereocenters. The number of hydrogen-bond acceptors (Lipinski definition) is 3. The highest BCUT2D eigenvalue weighted by Crippen LogP contribution is 2.32. The maximum atomic E-state index is 11.5. The summed E-state index contributed by atoms with van der Waals surface area (Å²) < 4.78 is 10.6. The van der Waals surface area contributed by atoms with Crippen molar-refractivity contribution in [1.82, 2.24) is 0 Å². The Morgan fingerprint density at radius 3 is 2.14 bits per heavy atom. The maximum absolute atomic E-state index is 11.5. The van der Waals surface area contributed by atoms with E-state index in [4.69, 9.17) is 9.47 Å². The first kappa shape index (κ1) is 16.2. The fourth-order valence-electron chi connectivity index (χ4n) is 2.66. The van der Waals surface area contributed by atoms with Gasteiger partial charge in [0.25, 0.3) is 0 Å². The van der Waals surface area contributed by atoms with Crippen molar-refractivity contribution in [3.8, 4) is 0 Å². The summed E-state index contributed by atoms with van der Waals surface area (Å²) >= 11 is 0. The highest BCUT2D eigenvalue weighted by Gasteiger charge is 2.21. The molecule has 0 N–H and O–H groups in total. The molecule has 3 heteroatoms. The summed E-state index contributed by atoms with van der Waals surface area (Å²) in [6.07, 6.45) is -0.276. The van der Waals surface area contributed by atoms with Crippen LogP contribution in [-0.4, -0.2) is 19.7 Å². The molecular weight excluding hydrogens is 276 g/mol. The van der Waals surface area contributed by atoms with Gasteiger partial charge in [-0.3, -0.25) is 0 Å². The van der Waals surface area contributed by atoms with Crippen LogP contribution in [0.25, 0.3) is 0 Å². The predicted octanol–water partition coefficient (Wildman–Crippen LogP) is 3.89. The fourth-order valence-corrected chi connectivity index (χ4v) is 2.66. The van der Waals surface area contributed by atoms with Crippen LogP contribution in [0.5, 0.6) is 0 Å². The Labute approximate surface area is 131 Å². The van der Waals surface area contributed by atoms with Gasteiger partial charge in [0.2, 0.25) is 0 Å². The van der Waals surface area contributed by atoms with Crippen LogP contribution in [0.4, 0.5) is 0 Å². The first-order valence-corrected chi connectivity index (χ1v) is 7.34. The molecule has 0 fully saturated rings. The average molecular weight is 298 g/mol. The standard InChI is InChI=1S/C19H22O3/c1-13-8-5-6-11-16(13)19(22-12-17(20)21-4)18-14(2)9-7-10-15(18)3/h5-11,19H,12H2,1-4H3. The molecule has 0 saturated heterocycles. The maximum Gasteiger partial charge on any atom is 0.331 e. The van der Waals surface area contributed by atoms with Crippen LogP contribution >= 0.6 is 0 Å². The SMILES string of the molecule is COC(=O)COC(c1ccccc1C)c1c(C)cccc1C. The molecule has 1 atom stereocenters. The van der Waals surface area contributed by atoms with E-state index in [9.17, 15) is 4.79 Å². The highest BCUT2D eigenvalue weighted by atomic mass is 16.6. The molecule has 0 spiro atoms. The van der Waals surface area contributed by atoms with Gasteiger partial charge in [0.05, 0.1) is 7.11 Å². The molecule has 2 rings (SSSR count). The number of rotatable bonds is 5. The van der Waals surface area contributed by atoms with Gasteiger partial charge in [0.15, 0.2) is 0 Å². The number of carbonyl (C=O) groups is 1. The summed E-state index contributed by atoms with van der Waals surface area (Å²) in [4.78, 5) is 11.5. The van der Waals surface area contributed by atoms with E-state index >= 15 is 0 Å². The van der Waals surface area contributed by atoms with Gasteiger partial charge < -0.3 is 9.47 Å². The lowest BCUT2D eigenvalue weighted by Crippen LogP contribution is -2.17. The van der Waals surface area contributed by atoms with Crippen molar-refractivity contribution in [2.75, 3.05) is 13.7 Å². The fraction of sp³-hybridized carbons (Fsp3) is 0.316. The molecule has 0 radical (unpaired) electrons. The molecule has 3 nitrogen and oxygen atoms in total. The van der Waals surface area contributed by atoms with Crippen molar-refractivity contribution in [1.29, 1.82) is 0 Å². The molecule has 2 aromatic carbocycles. The largest absolute Gasteiger partial charge is 0.467 e. The van der Waals surface area contributed by atoms with E-state index in [2.05, 4.69) is 39.0 Å². The second-order valence-electron chi connectivity index (χ2n) is 5.43.